The van der Waals surface area contributed by atoms with Crippen molar-refractivity contribution < 1.29 is 0 Å². The summed E-state index contributed by atoms with van der Waals surface area (Å²) in [7, 11) is 0. The highest BCUT2D eigenvalue weighted by atomic mass is 14.8. The van der Waals surface area contributed by atoms with Crippen LogP contribution in [0.25, 0.3) is 0 Å². The molecule has 1 nitrogen and oxygen atoms in total. The molecule has 0 saturated carbocycles. The maximum absolute atomic E-state index is 4.84. The first kappa shape index (κ1) is 12.2. The number of nitrogens with zero attached hydrogens (tertiary/aromatic N) is 1. The van der Waals surface area contributed by atoms with Crippen LogP contribution < -0.4 is 0 Å². The van der Waals surface area contributed by atoms with Gasteiger partial charge in [-0.15, -0.1) is 0 Å². The highest BCUT2D eigenvalue weighted by Gasteiger charge is 2.20. The molecule has 96 valence electrons. The molecule has 1 aliphatic heterocycles. The van der Waals surface area contributed by atoms with Crippen LogP contribution in [0.15, 0.2) is 41.4 Å². The van der Waals surface area contributed by atoms with Crippen molar-refractivity contribution in [3.63, 3.8) is 0 Å². The van der Waals surface area contributed by atoms with Gasteiger partial charge in [-0.3, -0.25) is 4.99 Å². The lowest BCUT2D eigenvalue weighted by Gasteiger charge is -2.21. The first-order chi connectivity index (χ1) is 9.18. The zero-order chi connectivity index (χ0) is 13.4. The molecule has 0 amide bonds. The van der Waals surface area contributed by atoms with E-state index in [1.54, 1.807) is 0 Å². The minimum Gasteiger partial charge on any atom is -0.284 e. The molecule has 0 N–H and O–H groups in total. The van der Waals surface area contributed by atoms with Crippen molar-refractivity contribution in [2.24, 2.45) is 4.99 Å². The molecule has 2 aromatic rings. The number of fused-ring (bicyclic) bond motifs is 1. The average molecular weight is 249 g/mol. The van der Waals surface area contributed by atoms with E-state index in [9.17, 15) is 0 Å². The van der Waals surface area contributed by atoms with Crippen LogP contribution in [0.2, 0.25) is 0 Å². The van der Waals surface area contributed by atoms with Gasteiger partial charge in [-0.2, -0.15) is 0 Å². The predicted molar refractivity (Wildman–Crippen MR) is 81.3 cm³/mol. The topological polar surface area (TPSA) is 12.4 Å². The summed E-state index contributed by atoms with van der Waals surface area (Å²) in [5, 5.41) is 0. The number of aryl methyl sites for hydroxylation is 3. The van der Waals surface area contributed by atoms with Gasteiger partial charge in [0.05, 0.1) is 5.71 Å². The third-order valence-electron chi connectivity index (χ3n) is 3.96. The molecule has 1 aliphatic rings. The summed E-state index contributed by atoms with van der Waals surface area (Å²) >= 11 is 0. The van der Waals surface area contributed by atoms with Gasteiger partial charge in [0, 0.05) is 17.7 Å². The monoisotopic (exact) mass is 249 g/mol. The zero-order valence-corrected chi connectivity index (χ0v) is 11.8. The molecule has 0 bridgehead atoms. The minimum absolute atomic E-state index is 0.902. The largest absolute Gasteiger partial charge is 0.284 e. The Kier molecular flexibility index (Phi) is 2.98. The van der Waals surface area contributed by atoms with Crippen molar-refractivity contribution in [3.8, 4) is 0 Å². The number of hydrogen-bond acceptors (Lipinski definition) is 1. The molecule has 0 saturated heterocycles. The second-order valence-electron chi connectivity index (χ2n) is 5.36. The molecular weight excluding hydrogens is 230 g/mol. The summed E-state index contributed by atoms with van der Waals surface area (Å²) in [5.74, 6) is 0. The van der Waals surface area contributed by atoms with Gasteiger partial charge in [0.15, 0.2) is 0 Å². The van der Waals surface area contributed by atoms with Crippen molar-refractivity contribution in [1.29, 1.82) is 0 Å². The van der Waals surface area contributed by atoms with Crippen molar-refractivity contribution in [2.75, 3.05) is 6.54 Å². The Morgan fingerprint density at radius 3 is 2.05 bits per heavy atom. The fourth-order valence-corrected chi connectivity index (χ4v) is 3.03. The molecule has 0 aliphatic carbocycles. The SMILES string of the molecule is Cc1cccc(C)c1C1=NCCc2cccc(C)c21. The lowest BCUT2D eigenvalue weighted by molar-refractivity contribution is 0.939. The van der Waals surface area contributed by atoms with E-state index < -0.39 is 0 Å². The van der Waals surface area contributed by atoms with Crippen molar-refractivity contribution in [1.82, 2.24) is 0 Å². The van der Waals surface area contributed by atoms with Crippen LogP contribution >= 0.6 is 0 Å². The van der Waals surface area contributed by atoms with Gasteiger partial charge in [0.25, 0.3) is 0 Å². The van der Waals surface area contributed by atoms with Crippen molar-refractivity contribution in [2.45, 2.75) is 27.2 Å². The van der Waals surface area contributed by atoms with E-state index in [4.69, 9.17) is 4.99 Å². The molecule has 0 unspecified atom stereocenters. The zero-order valence-electron chi connectivity index (χ0n) is 11.8. The summed E-state index contributed by atoms with van der Waals surface area (Å²) in [6.07, 6.45) is 1.06. The van der Waals surface area contributed by atoms with Crippen LogP contribution in [-0.4, -0.2) is 12.3 Å². The van der Waals surface area contributed by atoms with Gasteiger partial charge in [0.1, 0.15) is 0 Å². The van der Waals surface area contributed by atoms with Crippen LogP contribution in [-0.2, 0) is 6.42 Å². The molecule has 19 heavy (non-hydrogen) atoms. The van der Waals surface area contributed by atoms with E-state index in [2.05, 4.69) is 57.2 Å². The van der Waals surface area contributed by atoms with E-state index in [0.717, 1.165) is 13.0 Å². The molecule has 1 heteroatoms. The Morgan fingerprint density at radius 2 is 1.37 bits per heavy atom. The maximum Gasteiger partial charge on any atom is 0.0729 e. The van der Waals surface area contributed by atoms with Gasteiger partial charge in [-0.25, -0.2) is 0 Å². The second-order valence-corrected chi connectivity index (χ2v) is 5.36. The Morgan fingerprint density at radius 1 is 0.789 bits per heavy atom. The molecule has 0 radical (unpaired) electrons. The van der Waals surface area contributed by atoms with Crippen LogP contribution in [0.1, 0.15) is 33.4 Å². The predicted octanol–water partition coefficient (Wildman–Crippen LogP) is 4.01. The van der Waals surface area contributed by atoms with Gasteiger partial charge in [-0.1, -0.05) is 36.4 Å². The van der Waals surface area contributed by atoms with Crippen molar-refractivity contribution in [3.05, 3.63) is 69.8 Å². The molecule has 3 rings (SSSR count). The molecule has 0 atom stereocenters. The molecular formula is C18H19N. The standard InChI is InChI=1S/C18H19N/c1-12-6-4-7-13(2)16(12)18-17-14(3)8-5-9-15(17)10-11-19-18/h4-9H,10-11H2,1-3H3. The van der Waals surface area contributed by atoms with E-state index >= 15 is 0 Å². The van der Waals surface area contributed by atoms with Crippen LogP contribution in [0, 0.1) is 20.8 Å². The Labute approximate surface area is 115 Å². The lowest BCUT2D eigenvalue weighted by atomic mass is 9.86. The number of aliphatic imine (C=N–C) groups is 1. The lowest BCUT2D eigenvalue weighted by Crippen LogP contribution is -2.17. The first-order valence-corrected chi connectivity index (χ1v) is 6.88. The number of hydrogen-bond donors (Lipinski definition) is 0. The van der Waals surface area contributed by atoms with Crippen molar-refractivity contribution >= 4 is 5.71 Å². The molecule has 2 aromatic carbocycles. The quantitative estimate of drug-likeness (QED) is 0.724. The third kappa shape index (κ3) is 1.99. The van der Waals surface area contributed by atoms with Crippen LogP contribution in [0.5, 0.6) is 0 Å². The number of benzene rings is 2. The Balaban J connectivity index is 2.26. The molecule has 0 fully saturated rings. The van der Waals surface area contributed by atoms with Crippen LogP contribution in [0.3, 0.4) is 0 Å². The van der Waals surface area contributed by atoms with Crippen LogP contribution in [0.4, 0.5) is 0 Å². The molecule has 0 spiro atoms. The van der Waals surface area contributed by atoms with E-state index in [1.165, 1.54) is 39.1 Å². The smallest absolute Gasteiger partial charge is 0.0729 e. The number of rotatable bonds is 1. The Hall–Kier alpha value is -1.89. The summed E-state index contributed by atoms with van der Waals surface area (Å²) in [5.41, 5.74) is 9.26. The highest BCUT2D eigenvalue weighted by Crippen LogP contribution is 2.26. The fraction of sp³-hybridized carbons (Fsp3) is 0.278. The highest BCUT2D eigenvalue weighted by molar-refractivity contribution is 6.16. The summed E-state index contributed by atoms with van der Waals surface area (Å²) in [6.45, 7) is 7.45. The van der Waals surface area contributed by atoms with E-state index in [0.29, 0.717) is 0 Å². The minimum atomic E-state index is 0.902. The van der Waals surface area contributed by atoms with E-state index in [1.807, 2.05) is 0 Å². The normalized spacial score (nSPS) is 13.9. The van der Waals surface area contributed by atoms with Gasteiger partial charge in [0.2, 0.25) is 0 Å². The average Bonchev–Trinajstić information content (AvgIpc) is 2.39. The second kappa shape index (κ2) is 4.65. The van der Waals surface area contributed by atoms with Gasteiger partial charge >= 0.3 is 0 Å². The molecule has 0 aromatic heterocycles. The van der Waals surface area contributed by atoms with E-state index in [-0.39, 0.29) is 0 Å². The fourth-order valence-electron chi connectivity index (χ4n) is 3.03. The first-order valence-electron chi connectivity index (χ1n) is 6.88. The molecule has 1 heterocycles. The summed E-state index contributed by atoms with van der Waals surface area (Å²) in [4.78, 5) is 4.84. The summed E-state index contributed by atoms with van der Waals surface area (Å²) < 4.78 is 0. The van der Waals surface area contributed by atoms with Gasteiger partial charge < -0.3 is 0 Å². The summed E-state index contributed by atoms with van der Waals surface area (Å²) in [6, 6.07) is 13.1. The third-order valence-corrected chi connectivity index (χ3v) is 3.96. The Bertz CT molecular complexity index is 645. The maximum atomic E-state index is 4.84. The van der Waals surface area contributed by atoms with Gasteiger partial charge in [-0.05, 0) is 49.4 Å².